The molecule has 46 nitrogen and oxygen atoms in total. The zero-order valence-electron chi connectivity index (χ0n) is 70.4. The van der Waals surface area contributed by atoms with E-state index in [0.29, 0.717) is 34.0 Å². The van der Waals surface area contributed by atoms with E-state index in [9.17, 15) is 85.8 Å². The van der Waals surface area contributed by atoms with E-state index in [4.69, 9.17) is 44.9 Å². The van der Waals surface area contributed by atoms with Crippen molar-refractivity contribution < 1.29 is 110 Å². The third-order valence-electron chi connectivity index (χ3n) is 20.5. The maximum absolute atomic E-state index is 15.7. The highest BCUT2D eigenvalue weighted by atomic mass is 31.2. The molecule has 0 aromatic heterocycles. The van der Waals surface area contributed by atoms with Crippen LogP contribution in [0.4, 0.5) is 8.78 Å². The number of hydrogen-bond donors (Lipinski definition) is 28. The number of benzene rings is 5. The van der Waals surface area contributed by atoms with Crippen molar-refractivity contribution in [2.75, 3.05) is 32.7 Å². The van der Waals surface area contributed by atoms with Gasteiger partial charge in [0.2, 0.25) is 76.8 Å². The highest BCUT2D eigenvalue weighted by molar-refractivity contribution is 7.52. The van der Waals surface area contributed by atoms with E-state index in [1.165, 1.54) is 6.92 Å². The van der Waals surface area contributed by atoms with Gasteiger partial charge in [0.15, 0.2) is 17.9 Å². The number of guanidine groups is 3. The number of amides is 16. The molecule has 49 heteroatoms. The maximum atomic E-state index is 15.7. The number of carboxylic acid groups (broad SMARTS) is 1. The minimum Gasteiger partial charge on any atom is -0.481 e. The Hall–Kier alpha value is -14.8. The molecule has 0 aliphatic carbocycles. The second-order valence-electron chi connectivity index (χ2n) is 30.5. The zero-order chi connectivity index (χ0) is 95.9. The monoisotopic (exact) mass is 1830 g/mol. The summed E-state index contributed by atoms with van der Waals surface area (Å²) in [5.74, 6) is -23.3. The van der Waals surface area contributed by atoms with Gasteiger partial charge < -0.3 is 134 Å². The number of alkyl halides is 2. The van der Waals surface area contributed by atoms with Crippen molar-refractivity contribution in [2.24, 2.45) is 28.7 Å². The second-order valence-corrected chi connectivity index (χ2v) is 32.1. The molecule has 4 bridgehead atoms. The average Bonchev–Trinajstić information content (AvgIpc) is 0.786. The van der Waals surface area contributed by atoms with Gasteiger partial charge in [-0.05, 0) is 104 Å². The molecule has 7 rings (SSSR count). The minimum absolute atomic E-state index is 0.0486. The molecule has 2 aliphatic heterocycles. The van der Waals surface area contributed by atoms with Crippen LogP contribution in [0.3, 0.4) is 0 Å². The molecule has 2 heterocycles. The number of aliphatic carboxylic acids is 1. The average molecular weight is 1830 g/mol. The number of carbonyl (C=O) groups excluding carboxylic acids is 16. The summed E-state index contributed by atoms with van der Waals surface area (Å²) >= 11 is 0. The molecule has 0 spiro atoms. The Morgan fingerprint density at radius 3 is 1.33 bits per heavy atom. The molecule has 0 radical (unpaired) electrons. The minimum atomic E-state index is -6.16. The molecule has 5 aromatic rings. The summed E-state index contributed by atoms with van der Waals surface area (Å²) < 4.78 is 41.9. The quantitative estimate of drug-likeness (QED) is 0.0101. The number of nitrogens with two attached hydrogens (primary N) is 5. The lowest BCUT2D eigenvalue weighted by Crippen LogP contribution is -2.62. The number of primary amides is 2. The Labute approximate surface area is 741 Å². The van der Waals surface area contributed by atoms with Crippen LogP contribution in [0, 0.1) is 16.2 Å². The van der Waals surface area contributed by atoms with E-state index in [1.54, 1.807) is 72.8 Å². The largest absolute Gasteiger partial charge is 0.481 e. The Morgan fingerprint density at radius 2 is 0.846 bits per heavy atom. The Balaban J connectivity index is 1.46. The van der Waals surface area contributed by atoms with Crippen LogP contribution in [-0.2, 0) is 96.6 Å². The molecule has 0 saturated heterocycles. The lowest BCUT2D eigenvalue weighted by Gasteiger charge is -2.29. The molecular weight excluding hydrogens is 1730 g/mol. The van der Waals surface area contributed by atoms with Gasteiger partial charge in [-0.3, -0.25) is 102 Å². The summed E-state index contributed by atoms with van der Waals surface area (Å²) in [5, 5.41) is 76.4. The van der Waals surface area contributed by atoms with Crippen LogP contribution >= 0.6 is 7.60 Å². The summed E-state index contributed by atoms with van der Waals surface area (Å²) in [4.78, 5) is 267. The fourth-order valence-electron chi connectivity index (χ4n) is 13.5. The highest BCUT2D eigenvalue weighted by Crippen LogP contribution is 2.59. The topological polar surface area (TPSA) is 774 Å². The molecule has 0 fully saturated rings. The highest BCUT2D eigenvalue weighted by Gasteiger charge is 2.50. The Bertz CT molecular complexity index is 5120. The van der Waals surface area contributed by atoms with E-state index in [-0.39, 0.29) is 63.7 Å². The predicted molar refractivity (Wildman–Crippen MR) is 461 cm³/mol. The standard InChI is InChI=1S/C81H106F2N25O21P/c1-3-50-68(117)103-55(32-42-22-24-48(25-23-42)81(82,83)130(127,128)129)73(122)97-40(2)64(113)108-60-39-96-66(115)46-33-45(34-47(35-46)67(116)99-54(26-27-61(84)109)72(121)106-58(37-62(110)111)76(125)98-50)65(114)95-38-59(63(85)112)107-71(120)53(21-12-30-94-80(90)91)101-69(118)51(19-10-28-92-78(86)87)100-70(119)52(20-11-29-93-79(88)89)102-75(124)57(36-44-17-9-16-43-15-7-8-18-49(43)44)105-74(123)56(104-77(60)126)31-41-13-5-4-6-14-41/h4-9,13-18,22-25,33-35,40,50-60H,3,10-12,19-21,26-32,36-39H2,1-2H3,(H2,84,109)(H2,85,112)(H,95,114)(H,96,115)(H,97,122)(H,98,125)(H,99,116)(H,100,119)(H,101,118)(H,102,124)(H,103,117)(H,104,126)(H,105,123)(H,106,121)(H,107,120)(H,108,113)(H,110,111)(H4,86,87,92)(H4,88,89,93)(H4,90,91,94)(H2,127,128,129). The van der Waals surface area contributed by atoms with Gasteiger partial charge in [-0.2, -0.15) is 8.78 Å². The van der Waals surface area contributed by atoms with Crippen molar-refractivity contribution in [3.63, 3.8) is 0 Å². The smallest absolute Gasteiger partial charge is 0.399 e. The molecule has 2 aliphatic rings. The Kier molecular flexibility index (Phi) is 37.9. The fourth-order valence-corrected chi connectivity index (χ4v) is 14.0. The summed E-state index contributed by atoms with van der Waals surface area (Å²) in [6.07, 6.45) is -5.89. The summed E-state index contributed by atoms with van der Waals surface area (Å²) in [5.41, 5.74) is 20.7. The van der Waals surface area contributed by atoms with Gasteiger partial charge in [-0.15, -0.1) is 0 Å². The fraction of sp³-hybridized carbons (Fsp3) is 0.407. The van der Waals surface area contributed by atoms with Crippen molar-refractivity contribution in [3.05, 3.63) is 154 Å². The van der Waals surface area contributed by atoms with E-state index in [0.717, 1.165) is 37.3 Å². The Morgan fingerprint density at radius 1 is 0.446 bits per heavy atom. The molecule has 700 valence electrons. The molecule has 12 unspecified atom stereocenters. The first-order valence-electron chi connectivity index (χ1n) is 40.8. The van der Waals surface area contributed by atoms with Crippen LogP contribution in [0.25, 0.3) is 10.8 Å². The molecular formula is C81H106F2N25O21P. The van der Waals surface area contributed by atoms with E-state index in [2.05, 4.69) is 90.4 Å². The van der Waals surface area contributed by atoms with Crippen LogP contribution in [0.1, 0.15) is 131 Å². The van der Waals surface area contributed by atoms with Crippen LogP contribution in [-0.4, -0.2) is 238 Å². The van der Waals surface area contributed by atoms with E-state index in [1.807, 2.05) is 0 Å². The number of rotatable bonds is 27. The first-order valence-corrected chi connectivity index (χ1v) is 42.5. The third kappa shape index (κ3) is 31.3. The van der Waals surface area contributed by atoms with Gasteiger partial charge in [-0.1, -0.05) is 104 Å². The van der Waals surface area contributed by atoms with Crippen molar-refractivity contribution in [1.29, 1.82) is 16.2 Å². The summed E-state index contributed by atoms with van der Waals surface area (Å²) in [6, 6.07) is 2.50. The number of carbonyl (C=O) groups is 17. The third-order valence-corrected chi connectivity index (χ3v) is 21.5. The molecule has 33 N–H and O–H groups in total. The van der Waals surface area contributed by atoms with Crippen LogP contribution in [0.15, 0.2) is 115 Å². The van der Waals surface area contributed by atoms with Gasteiger partial charge in [0, 0.05) is 80.7 Å². The zero-order valence-corrected chi connectivity index (χ0v) is 71.3. The molecule has 0 saturated carbocycles. The molecule has 16 amide bonds. The van der Waals surface area contributed by atoms with Crippen molar-refractivity contribution in [1.82, 2.24) is 90.4 Å². The van der Waals surface area contributed by atoms with Crippen LogP contribution in [0.5, 0.6) is 0 Å². The lowest BCUT2D eigenvalue weighted by molar-refractivity contribution is -0.141. The number of nitrogens with one attached hydrogen (secondary N) is 20. The summed E-state index contributed by atoms with van der Waals surface area (Å²) in [7, 11) is -6.16. The van der Waals surface area contributed by atoms with Crippen LogP contribution in [0.2, 0.25) is 0 Å². The molecule has 5 aromatic carbocycles. The maximum Gasteiger partial charge on any atom is 0.399 e. The lowest BCUT2D eigenvalue weighted by atomic mass is 9.97. The first-order chi connectivity index (χ1) is 61.4. The van der Waals surface area contributed by atoms with Gasteiger partial charge in [-0.25, -0.2) is 0 Å². The van der Waals surface area contributed by atoms with Crippen molar-refractivity contribution in [3.8, 4) is 0 Å². The number of carboxylic acids is 1. The number of halogens is 2. The van der Waals surface area contributed by atoms with Crippen molar-refractivity contribution in [2.45, 2.75) is 175 Å². The predicted octanol–water partition coefficient (Wildman–Crippen LogP) is -5.84. The van der Waals surface area contributed by atoms with Gasteiger partial charge in [0.25, 0.3) is 17.7 Å². The van der Waals surface area contributed by atoms with Gasteiger partial charge in [0.05, 0.1) is 6.42 Å². The summed E-state index contributed by atoms with van der Waals surface area (Å²) in [6.45, 7) is 0.0139. The SMILES string of the molecule is CCC1NC(=O)C(CC(=O)O)NC(=O)C(CCC(N)=O)NC(=O)c2cc3cc(c2)C(=O)NCC(NC(=O)C(C)NC(=O)C(Cc2ccc(C(F)(F)P(=O)(O)O)cc2)NC1=O)C(=O)NC(Cc1ccccc1)C(=O)NC(Cc1cccc2ccccc12)C(=O)NC(CCCNC(=N)N)C(=O)NC(CCCNC(=N)N)C(=O)NC(CCCNC(=N)N)C(=O)NC(C(N)=O)CNC3=O. The van der Waals surface area contributed by atoms with Gasteiger partial charge in [0.1, 0.15) is 72.5 Å². The molecule has 130 heavy (non-hydrogen) atoms. The first kappa shape index (κ1) is 102. The second kappa shape index (κ2) is 48.2. The van der Waals surface area contributed by atoms with E-state index >= 15 is 24.0 Å². The number of fused-ring (bicyclic) bond motifs is 6. The van der Waals surface area contributed by atoms with Gasteiger partial charge >= 0.3 is 19.2 Å². The molecule has 12 atom stereocenters. The van der Waals surface area contributed by atoms with Crippen LogP contribution < -0.4 is 119 Å². The van der Waals surface area contributed by atoms with Crippen molar-refractivity contribution >= 4 is 137 Å². The number of hydrogen-bond acceptors (Lipinski definition) is 21. The normalized spacial score (nSPS) is 22.1. The van der Waals surface area contributed by atoms with E-state index < -0.39 is 284 Å².